The molecule has 1 saturated carbocycles. The largest absolute Gasteiger partial charge is 0.504 e. The molecule has 214 valence electrons. The number of nitrogens with zero attached hydrogens (tertiary/aromatic N) is 3. The maximum atomic E-state index is 13.2. The first kappa shape index (κ1) is 27.1. The summed E-state index contributed by atoms with van der Waals surface area (Å²) < 4.78 is 45.1. The summed E-state index contributed by atoms with van der Waals surface area (Å²) in [5.41, 5.74) is 0.0221. The molecule has 8 nitrogen and oxygen atoms in total. The van der Waals surface area contributed by atoms with Crippen LogP contribution in [0.15, 0.2) is 43.0 Å². The number of benzene rings is 2. The smallest absolute Gasteiger partial charge is 0.416 e. The van der Waals surface area contributed by atoms with E-state index in [1.54, 1.807) is 7.05 Å². The molecule has 1 N–H and O–H groups in total. The number of nitro groups is 1. The summed E-state index contributed by atoms with van der Waals surface area (Å²) in [4.78, 5) is 28.6. The molecular weight excluding hydrogens is 539 g/mol. The standard InChI is InChI=1S/C30H28F3N3O5/c1-3-13-35-14-12-29-20-9-10-21(34(2)25(38)11-6-17-4-7-18(8-5-17)30(31,32)33)28(29)41-27-24(37)16-22(36(39)40)19(26(27)29)15-23(20)35/h3-5,7-8,16,20-21,23,28,37H,1,9-10,12-15H2,2H3/t20-,21+,23+,28-,29-/m0/s1. The van der Waals surface area contributed by atoms with Crippen molar-refractivity contribution in [1.82, 2.24) is 9.80 Å². The number of likely N-dealkylation sites (tertiary alicyclic amines) is 1. The third-order valence-corrected chi connectivity index (χ3v) is 9.41. The number of likely N-dealkylation sites (N-methyl/N-ethyl adjacent to an activating group) is 1. The van der Waals surface area contributed by atoms with Crippen LogP contribution < -0.4 is 4.74 Å². The topological polar surface area (TPSA) is 96.2 Å². The van der Waals surface area contributed by atoms with E-state index in [-0.39, 0.29) is 34.7 Å². The van der Waals surface area contributed by atoms with E-state index in [2.05, 4.69) is 23.3 Å². The van der Waals surface area contributed by atoms with Crippen molar-refractivity contribution in [3.05, 3.63) is 75.4 Å². The van der Waals surface area contributed by atoms with Gasteiger partial charge in [-0.1, -0.05) is 12.0 Å². The summed E-state index contributed by atoms with van der Waals surface area (Å²) in [6.07, 6.45) is -0.718. The van der Waals surface area contributed by atoms with Gasteiger partial charge in [0.1, 0.15) is 6.10 Å². The first-order valence-corrected chi connectivity index (χ1v) is 13.5. The summed E-state index contributed by atoms with van der Waals surface area (Å²) >= 11 is 0. The second kappa shape index (κ2) is 9.52. The van der Waals surface area contributed by atoms with E-state index in [1.165, 1.54) is 17.0 Å². The number of rotatable bonds is 4. The van der Waals surface area contributed by atoms with E-state index in [9.17, 15) is 33.2 Å². The molecule has 0 radical (unpaired) electrons. The minimum Gasteiger partial charge on any atom is -0.504 e. The van der Waals surface area contributed by atoms with Crippen LogP contribution in [-0.4, -0.2) is 64.1 Å². The van der Waals surface area contributed by atoms with Gasteiger partial charge in [-0.25, -0.2) is 0 Å². The van der Waals surface area contributed by atoms with Crippen molar-refractivity contribution in [1.29, 1.82) is 0 Å². The van der Waals surface area contributed by atoms with Gasteiger partial charge in [0, 0.05) is 47.7 Å². The van der Waals surface area contributed by atoms with Gasteiger partial charge in [0.2, 0.25) is 0 Å². The maximum Gasteiger partial charge on any atom is 0.416 e. The zero-order chi connectivity index (χ0) is 29.3. The first-order valence-electron chi connectivity index (χ1n) is 13.5. The minimum atomic E-state index is -4.46. The predicted molar refractivity (Wildman–Crippen MR) is 142 cm³/mol. The number of carbonyl (C=O) groups excluding carboxylic acids is 1. The van der Waals surface area contributed by atoms with Gasteiger partial charge in [0.25, 0.3) is 11.6 Å². The SMILES string of the molecule is C=CCN1CC[C@]23c4c5c([N+](=O)[O-])cc(O)c4O[C@H]2[C@H](N(C)C(=O)C#Cc2ccc(C(F)(F)F)cc2)CC[C@H]3[C@H]1C5. The number of hydrogen-bond donors (Lipinski definition) is 1. The van der Waals surface area contributed by atoms with Crippen LogP contribution in [0.3, 0.4) is 0 Å². The number of carbonyl (C=O) groups is 1. The summed E-state index contributed by atoms with van der Waals surface area (Å²) in [7, 11) is 1.62. The molecule has 2 aromatic carbocycles. The Labute approximate surface area is 234 Å². The summed E-state index contributed by atoms with van der Waals surface area (Å²) in [6, 6.07) is 5.05. The quantitative estimate of drug-likeness (QED) is 0.254. The molecule has 0 aromatic heterocycles. The van der Waals surface area contributed by atoms with Crippen LogP contribution in [0.4, 0.5) is 18.9 Å². The Kier molecular flexibility index (Phi) is 6.30. The number of piperidine rings is 1. The van der Waals surface area contributed by atoms with Crippen LogP contribution in [0, 0.1) is 27.9 Å². The molecule has 2 heterocycles. The zero-order valence-electron chi connectivity index (χ0n) is 22.3. The van der Waals surface area contributed by atoms with E-state index >= 15 is 0 Å². The van der Waals surface area contributed by atoms with Crippen molar-refractivity contribution >= 4 is 11.6 Å². The Bertz CT molecular complexity index is 1510. The number of nitro benzene ring substituents is 1. The minimum absolute atomic E-state index is 0.0240. The molecule has 6 rings (SSSR count). The van der Waals surface area contributed by atoms with Crippen molar-refractivity contribution in [3.8, 4) is 23.3 Å². The number of phenols is 1. The van der Waals surface area contributed by atoms with E-state index in [0.717, 1.165) is 24.6 Å². The molecule has 1 saturated heterocycles. The van der Waals surface area contributed by atoms with Gasteiger partial charge in [-0.15, -0.1) is 6.58 Å². The normalized spacial score (nSPS) is 27.6. The van der Waals surface area contributed by atoms with Crippen LogP contribution in [0.1, 0.15) is 41.5 Å². The lowest BCUT2D eigenvalue weighted by Crippen LogP contribution is -2.68. The van der Waals surface area contributed by atoms with Gasteiger partial charge in [-0.3, -0.25) is 19.8 Å². The molecule has 41 heavy (non-hydrogen) atoms. The van der Waals surface area contributed by atoms with Crippen LogP contribution in [0.2, 0.25) is 0 Å². The fraction of sp³-hybridized carbons (Fsp3) is 0.433. The number of aromatic hydroxyl groups is 1. The summed E-state index contributed by atoms with van der Waals surface area (Å²) in [5, 5.41) is 22.9. The predicted octanol–water partition coefficient (Wildman–Crippen LogP) is 4.42. The molecular formula is C30H28F3N3O5. The lowest BCUT2D eigenvalue weighted by molar-refractivity contribution is -0.385. The third-order valence-electron chi connectivity index (χ3n) is 9.41. The number of phenolic OH excluding ortho intramolecular Hbond substituents is 1. The van der Waals surface area contributed by atoms with Crippen LogP contribution in [0.5, 0.6) is 11.5 Å². The van der Waals surface area contributed by atoms with E-state index in [4.69, 9.17) is 4.74 Å². The van der Waals surface area contributed by atoms with Crippen molar-refractivity contribution in [3.63, 3.8) is 0 Å². The van der Waals surface area contributed by atoms with Crippen molar-refractivity contribution in [2.24, 2.45) is 5.92 Å². The Morgan fingerprint density at radius 1 is 1.34 bits per heavy atom. The molecule has 5 atom stereocenters. The highest BCUT2D eigenvalue weighted by molar-refractivity contribution is 5.94. The number of halogens is 3. The summed E-state index contributed by atoms with van der Waals surface area (Å²) in [5.74, 6) is 4.78. The fourth-order valence-corrected chi connectivity index (χ4v) is 7.72. The molecule has 2 aromatic rings. The highest BCUT2D eigenvalue weighted by atomic mass is 19.4. The molecule has 2 aliphatic heterocycles. The van der Waals surface area contributed by atoms with Gasteiger partial charge >= 0.3 is 6.18 Å². The molecule has 2 fully saturated rings. The average molecular weight is 568 g/mol. The van der Waals surface area contributed by atoms with Gasteiger partial charge in [-0.05, 0) is 62.4 Å². The lowest BCUT2D eigenvalue weighted by atomic mass is 9.50. The first-order chi connectivity index (χ1) is 19.5. The van der Waals surface area contributed by atoms with E-state index < -0.39 is 40.1 Å². The Morgan fingerprint density at radius 3 is 2.73 bits per heavy atom. The number of hydrogen-bond acceptors (Lipinski definition) is 6. The zero-order valence-corrected chi connectivity index (χ0v) is 22.3. The fourth-order valence-electron chi connectivity index (χ4n) is 7.72. The van der Waals surface area contributed by atoms with Gasteiger partial charge in [0.05, 0.1) is 22.6 Å². The third kappa shape index (κ3) is 4.07. The number of alkyl halides is 3. The molecule has 1 amide bonds. The van der Waals surface area contributed by atoms with Gasteiger partial charge < -0.3 is 14.7 Å². The molecule has 2 aliphatic carbocycles. The maximum absolute atomic E-state index is 13.2. The molecule has 11 heteroatoms. The Hall–Kier alpha value is -4.04. The molecule has 2 bridgehead atoms. The number of amides is 1. The monoisotopic (exact) mass is 567 g/mol. The highest BCUT2D eigenvalue weighted by Crippen LogP contribution is 2.65. The lowest BCUT2D eigenvalue weighted by Gasteiger charge is -2.60. The van der Waals surface area contributed by atoms with Crippen LogP contribution in [0.25, 0.3) is 0 Å². The van der Waals surface area contributed by atoms with Crippen molar-refractivity contribution in [2.45, 2.75) is 55.5 Å². The van der Waals surface area contributed by atoms with Crippen LogP contribution in [-0.2, 0) is 22.8 Å². The van der Waals surface area contributed by atoms with Crippen molar-refractivity contribution in [2.75, 3.05) is 20.1 Å². The second-order valence-electron chi connectivity index (χ2n) is 11.2. The van der Waals surface area contributed by atoms with E-state index in [0.29, 0.717) is 43.5 Å². The molecule has 1 spiro atoms. The summed E-state index contributed by atoms with van der Waals surface area (Å²) in [6.45, 7) is 5.25. The molecule has 0 unspecified atom stereocenters. The Morgan fingerprint density at radius 2 is 2.07 bits per heavy atom. The van der Waals surface area contributed by atoms with Crippen LogP contribution >= 0.6 is 0 Å². The van der Waals surface area contributed by atoms with E-state index in [1.807, 2.05) is 6.08 Å². The second-order valence-corrected chi connectivity index (χ2v) is 11.2. The Balaban J connectivity index is 1.35. The van der Waals surface area contributed by atoms with Crippen molar-refractivity contribution < 1.29 is 32.7 Å². The molecule has 4 aliphatic rings. The van der Waals surface area contributed by atoms with Gasteiger partial charge in [0.15, 0.2) is 11.5 Å². The number of ether oxygens (including phenoxy) is 1. The highest BCUT2D eigenvalue weighted by Gasteiger charge is 2.67. The van der Waals surface area contributed by atoms with Gasteiger partial charge in [-0.2, -0.15) is 13.2 Å². The average Bonchev–Trinajstić information content (AvgIpc) is 3.28.